The van der Waals surface area contributed by atoms with Crippen molar-refractivity contribution in [2.75, 3.05) is 31.5 Å². The Kier molecular flexibility index (Phi) is 6.63. The number of benzene rings is 1. The van der Waals surface area contributed by atoms with Crippen LogP contribution in [-0.4, -0.2) is 42.9 Å². The molecular formula is C21H27N3O2S. The summed E-state index contributed by atoms with van der Waals surface area (Å²) in [6, 6.07) is 10.1. The number of anilines is 1. The molecule has 27 heavy (non-hydrogen) atoms. The van der Waals surface area contributed by atoms with E-state index in [0.29, 0.717) is 18.2 Å². The molecule has 2 N–H and O–H groups in total. The molecule has 0 aliphatic carbocycles. The van der Waals surface area contributed by atoms with Gasteiger partial charge in [0.05, 0.1) is 0 Å². The molecule has 1 fully saturated rings. The Morgan fingerprint density at radius 2 is 1.93 bits per heavy atom. The number of thiophene rings is 1. The minimum atomic E-state index is -0.613. The molecule has 0 unspecified atom stereocenters. The van der Waals surface area contributed by atoms with E-state index in [2.05, 4.69) is 33.0 Å². The first-order valence-corrected chi connectivity index (χ1v) is 10.3. The van der Waals surface area contributed by atoms with Gasteiger partial charge < -0.3 is 15.5 Å². The summed E-state index contributed by atoms with van der Waals surface area (Å²) in [5.74, 6) is -0.527. The van der Waals surface area contributed by atoms with Crippen LogP contribution in [0.15, 0.2) is 35.7 Å². The first-order valence-electron chi connectivity index (χ1n) is 9.45. The van der Waals surface area contributed by atoms with Gasteiger partial charge in [-0.15, -0.1) is 11.3 Å². The maximum atomic E-state index is 12.1. The van der Waals surface area contributed by atoms with Gasteiger partial charge in [0, 0.05) is 23.7 Å². The van der Waals surface area contributed by atoms with Crippen LogP contribution in [-0.2, 0) is 9.59 Å². The molecule has 2 aromatic rings. The number of aryl methyl sites for hydroxylation is 2. The maximum absolute atomic E-state index is 12.1. The number of piperidine rings is 1. The van der Waals surface area contributed by atoms with Crippen molar-refractivity contribution in [2.45, 2.75) is 32.6 Å². The van der Waals surface area contributed by atoms with Crippen LogP contribution < -0.4 is 10.6 Å². The van der Waals surface area contributed by atoms with Gasteiger partial charge in [-0.3, -0.25) is 9.59 Å². The monoisotopic (exact) mass is 385 g/mol. The zero-order valence-electron chi connectivity index (χ0n) is 16.0. The summed E-state index contributed by atoms with van der Waals surface area (Å²) in [5.41, 5.74) is 2.75. The van der Waals surface area contributed by atoms with E-state index >= 15 is 0 Å². The first kappa shape index (κ1) is 19.6. The number of hydrogen-bond acceptors (Lipinski definition) is 4. The summed E-state index contributed by atoms with van der Waals surface area (Å²) in [6.45, 7) is 7.25. The second kappa shape index (κ2) is 9.15. The van der Waals surface area contributed by atoms with Crippen LogP contribution in [0, 0.1) is 13.8 Å². The number of carbonyl (C=O) groups is 2. The van der Waals surface area contributed by atoms with Gasteiger partial charge in [0.15, 0.2) is 0 Å². The Bertz CT molecular complexity index is 781. The molecule has 6 heteroatoms. The predicted octanol–water partition coefficient (Wildman–Crippen LogP) is 3.30. The van der Waals surface area contributed by atoms with E-state index in [0.717, 1.165) is 43.6 Å². The fourth-order valence-corrected chi connectivity index (χ4v) is 4.40. The lowest BCUT2D eigenvalue weighted by Crippen LogP contribution is -2.42. The minimum Gasteiger partial charge on any atom is -0.347 e. The quantitative estimate of drug-likeness (QED) is 0.777. The number of rotatable bonds is 5. The highest BCUT2D eigenvalue weighted by atomic mass is 32.1. The van der Waals surface area contributed by atoms with E-state index in [1.165, 1.54) is 4.88 Å². The standard InChI is InChI=1S/C21H27N3O2S/c1-15-5-6-18(16(2)14-15)23-21(26)20(25)22-9-12-24-10-7-17(8-11-24)19-4-3-13-27-19/h3-6,13-14,17H,7-12H2,1-2H3,(H,22,25)(H,23,26). The number of carbonyl (C=O) groups excluding carboxylic acids is 2. The zero-order chi connectivity index (χ0) is 19.2. The van der Waals surface area contributed by atoms with Crippen LogP contribution in [0.1, 0.15) is 34.8 Å². The molecule has 0 spiro atoms. The highest BCUT2D eigenvalue weighted by Crippen LogP contribution is 2.30. The fourth-order valence-electron chi connectivity index (χ4n) is 3.51. The van der Waals surface area contributed by atoms with Gasteiger partial charge in [0.1, 0.15) is 0 Å². The minimum absolute atomic E-state index is 0.489. The van der Waals surface area contributed by atoms with Crippen molar-refractivity contribution in [3.8, 4) is 0 Å². The molecule has 144 valence electrons. The second-order valence-corrected chi connectivity index (χ2v) is 8.14. The van der Waals surface area contributed by atoms with Gasteiger partial charge >= 0.3 is 11.8 Å². The summed E-state index contributed by atoms with van der Waals surface area (Å²) >= 11 is 1.84. The number of likely N-dealkylation sites (tertiary alicyclic amines) is 1. The summed E-state index contributed by atoms with van der Waals surface area (Å²) in [5, 5.41) is 7.55. The van der Waals surface area contributed by atoms with E-state index in [1.807, 2.05) is 43.4 Å². The van der Waals surface area contributed by atoms with Crippen molar-refractivity contribution in [3.63, 3.8) is 0 Å². The molecule has 1 aliphatic rings. The molecule has 1 aromatic heterocycles. The van der Waals surface area contributed by atoms with Gasteiger partial charge in [0.25, 0.3) is 0 Å². The van der Waals surface area contributed by atoms with Gasteiger partial charge in [-0.1, -0.05) is 23.8 Å². The lowest BCUT2D eigenvalue weighted by Gasteiger charge is -2.31. The van der Waals surface area contributed by atoms with Gasteiger partial charge in [-0.2, -0.15) is 0 Å². The third kappa shape index (κ3) is 5.40. The summed E-state index contributed by atoms with van der Waals surface area (Å²) in [4.78, 5) is 27.9. The van der Waals surface area contributed by atoms with Gasteiger partial charge in [-0.05, 0) is 68.8 Å². The third-order valence-electron chi connectivity index (χ3n) is 5.08. The highest BCUT2D eigenvalue weighted by molar-refractivity contribution is 7.10. The number of nitrogens with zero attached hydrogens (tertiary/aromatic N) is 1. The van der Waals surface area contributed by atoms with Crippen LogP contribution in [0.4, 0.5) is 5.69 Å². The Balaban J connectivity index is 1.37. The summed E-state index contributed by atoms with van der Waals surface area (Å²) in [6.07, 6.45) is 2.31. The van der Waals surface area contributed by atoms with Gasteiger partial charge in [0.2, 0.25) is 0 Å². The number of nitrogens with one attached hydrogen (secondary N) is 2. The molecule has 0 radical (unpaired) electrons. The van der Waals surface area contributed by atoms with Crippen LogP contribution in [0.5, 0.6) is 0 Å². The van der Waals surface area contributed by atoms with E-state index in [1.54, 1.807) is 0 Å². The van der Waals surface area contributed by atoms with Crippen molar-refractivity contribution in [1.82, 2.24) is 10.2 Å². The number of hydrogen-bond donors (Lipinski definition) is 2. The second-order valence-electron chi connectivity index (χ2n) is 7.16. The Morgan fingerprint density at radius 3 is 2.59 bits per heavy atom. The molecule has 0 atom stereocenters. The molecule has 3 rings (SSSR count). The largest absolute Gasteiger partial charge is 0.347 e. The molecule has 1 saturated heterocycles. The average Bonchev–Trinajstić information content (AvgIpc) is 3.19. The Labute approximate surface area is 164 Å². The lowest BCUT2D eigenvalue weighted by molar-refractivity contribution is -0.136. The maximum Gasteiger partial charge on any atom is 0.313 e. The highest BCUT2D eigenvalue weighted by Gasteiger charge is 2.21. The predicted molar refractivity (Wildman–Crippen MR) is 110 cm³/mol. The third-order valence-corrected chi connectivity index (χ3v) is 6.12. The van der Waals surface area contributed by atoms with Gasteiger partial charge in [-0.25, -0.2) is 0 Å². The zero-order valence-corrected chi connectivity index (χ0v) is 16.8. The smallest absolute Gasteiger partial charge is 0.313 e. The Hall–Kier alpha value is -2.18. The van der Waals surface area contributed by atoms with E-state index in [-0.39, 0.29) is 0 Å². The SMILES string of the molecule is Cc1ccc(NC(=O)C(=O)NCCN2CCC(c3cccs3)CC2)c(C)c1. The molecule has 1 aliphatic heterocycles. The van der Waals surface area contributed by atoms with Crippen molar-refractivity contribution < 1.29 is 9.59 Å². The van der Waals surface area contributed by atoms with Crippen molar-refractivity contribution in [2.24, 2.45) is 0 Å². The van der Waals surface area contributed by atoms with Crippen molar-refractivity contribution in [3.05, 3.63) is 51.7 Å². The lowest BCUT2D eigenvalue weighted by atomic mass is 9.95. The van der Waals surface area contributed by atoms with Crippen molar-refractivity contribution >= 4 is 28.8 Å². The molecule has 1 aromatic carbocycles. The van der Waals surface area contributed by atoms with E-state index in [9.17, 15) is 9.59 Å². The van der Waals surface area contributed by atoms with Crippen LogP contribution in [0.2, 0.25) is 0 Å². The molecule has 5 nitrogen and oxygen atoms in total. The Morgan fingerprint density at radius 1 is 1.15 bits per heavy atom. The molecular weight excluding hydrogens is 358 g/mol. The van der Waals surface area contributed by atoms with Crippen LogP contribution in [0.3, 0.4) is 0 Å². The molecule has 0 saturated carbocycles. The van der Waals surface area contributed by atoms with E-state index in [4.69, 9.17) is 0 Å². The first-order chi connectivity index (χ1) is 13.0. The molecule has 0 bridgehead atoms. The van der Waals surface area contributed by atoms with Crippen LogP contribution >= 0.6 is 11.3 Å². The molecule has 2 amide bonds. The van der Waals surface area contributed by atoms with Crippen molar-refractivity contribution in [1.29, 1.82) is 0 Å². The van der Waals surface area contributed by atoms with Crippen LogP contribution in [0.25, 0.3) is 0 Å². The molecule has 2 heterocycles. The summed E-state index contributed by atoms with van der Waals surface area (Å²) in [7, 11) is 0. The normalized spacial score (nSPS) is 15.5. The topological polar surface area (TPSA) is 61.4 Å². The summed E-state index contributed by atoms with van der Waals surface area (Å²) < 4.78 is 0. The fraction of sp³-hybridized carbons (Fsp3) is 0.429. The number of amides is 2. The average molecular weight is 386 g/mol. The van der Waals surface area contributed by atoms with E-state index < -0.39 is 11.8 Å².